The van der Waals surface area contributed by atoms with Crippen molar-refractivity contribution in [3.63, 3.8) is 0 Å². The van der Waals surface area contributed by atoms with Crippen molar-refractivity contribution in [3.8, 4) is 0 Å². The van der Waals surface area contributed by atoms with Crippen LogP contribution in [0, 0.1) is 5.41 Å². The molecule has 1 nitrogen and oxygen atoms in total. The summed E-state index contributed by atoms with van der Waals surface area (Å²) in [7, 11) is 0. The highest BCUT2D eigenvalue weighted by molar-refractivity contribution is 4.98. The van der Waals surface area contributed by atoms with Gasteiger partial charge in [0, 0.05) is 0 Å². The Morgan fingerprint density at radius 3 is 2.20 bits per heavy atom. The van der Waals surface area contributed by atoms with Gasteiger partial charge in [0.1, 0.15) is 0 Å². The van der Waals surface area contributed by atoms with Gasteiger partial charge in [-0.1, -0.05) is 52.2 Å². The normalized spacial score (nSPS) is 13.0. The summed E-state index contributed by atoms with van der Waals surface area (Å²) in [6.45, 7) is 6.91. The summed E-state index contributed by atoms with van der Waals surface area (Å²) < 4.78 is 0. The molecule has 0 aliphatic rings. The van der Waals surface area contributed by atoms with Crippen molar-refractivity contribution in [1.82, 2.24) is 0 Å². The molecule has 0 spiro atoms. The lowest BCUT2D eigenvalue weighted by Gasteiger charge is -2.17. The van der Waals surface area contributed by atoms with Crippen molar-refractivity contribution in [2.75, 3.05) is 0 Å². The van der Waals surface area contributed by atoms with Gasteiger partial charge >= 0.3 is 0 Å². The van der Waals surface area contributed by atoms with E-state index in [1.165, 1.54) is 32.1 Å². The highest BCUT2D eigenvalue weighted by Gasteiger charge is 2.08. The van der Waals surface area contributed by atoms with Gasteiger partial charge in [-0.3, -0.25) is 0 Å². The van der Waals surface area contributed by atoms with Gasteiger partial charge in [-0.15, -0.1) is 0 Å². The zero-order valence-electron chi connectivity index (χ0n) is 10.5. The maximum absolute atomic E-state index is 8.38. The second kappa shape index (κ2) is 8.58. The zero-order valence-corrected chi connectivity index (χ0v) is 10.5. The molecule has 0 fully saturated rings. The van der Waals surface area contributed by atoms with Crippen LogP contribution in [-0.4, -0.2) is 5.11 Å². The standard InChI is InChI=1S/C14H26O/c1-14(2,3)12-10-8-6-4-5-7-9-11-13-15/h7,9,11,13,15H,4-6,8,10,12H2,1-3H3. The third-order valence-electron chi connectivity index (χ3n) is 2.38. The molecule has 0 aromatic rings. The molecule has 0 aliphatic heterocycles. The van der Waals surface area contributed by atoms with Crippen LogP contribution in [0.25, 0.3) is 0 Å². The quantitative estimate of drug-likeness (QED) is 0.356. The molecule has 88 valence electrons. The molecule has 0 saturated carbocycles. The Bertz CT molecular complexity index is 184. The maximum Gasteiger partial charge on any atom is 0.0791 e. The van der Waals surface area contributed by atoms with Crippen LogP contribution in [0.1, 0.15) is 59.3 Å². The molecule has 0 amide bonds. The van der Waals surface area contributed by atoms with E-state index in [4.69, 9.17) is 5.11 Å². The van der Waals surface area contributed by atoms with E-state index in [2.05, 4.69) is 26.8 Å². The van der Waals surface area contributed by atoms with Crippen molar-refractivity contribution in [3.05, 3.63) is 24.5 Å². The topological polar surface area (TPSA) is 20.2 Å². The van der Waals surface area contributed by atoms with E-state index in [1.807, 2.05) is 6.08 Å². The Hall–Kier alpha value is -0.720. The van der Waals surface area contributed by atoms with Crippen LogP contribution in [0.2, 0.25) is 0 Å². The van der Waals surface area contributed by atoms with Crippen LogP contribution in [0.4, 0.5) is 0 Å². The average molecular weight is 210 g/mol. The molecule has 0 radical (unpaired) electrons. The molecule has 1 heteroatoms. The van der Waals surface area contributed by atoms with E-state index in [1.54, 1.807) is 6.08 Å². The molecule has 0 unspecified atom stereocenters. The number of aliphatic hydroxyl groups excluding tert-OH is 1. The number of aliphatic hydroxyl groups is 1. The van der Waals surface area contributed by atoms with Gasteiger partial charge in [-0.2, -0.15) is 0 Å². The summed E-state index contributed by atoms with van der Waals surface area (Å²) in [5, 5.41) is 8.38. The predicted molar refractivity (Wildman–Crippen MR) is 68.1 cm³/mol. The van der Waals surface area contributed by atoms with E-state index < -0.39 is 0 Å². The fraction of sp³-hybridized carbons (Fsp3) is 0.714. The summed E-state index contributed by atoms with van der Waals surface area (Å²) in [5.74, 6) is 0. The number of hydrogen-bond acceptors (Lipinski definition) is 1. The van der Waals surface area contributed by atoms with E-state index in [-0.39, 0.29) is 0 Å². The van der Waals surface area contributed by atoms with Gasteiger partial charge in [-0.05, 0) is 30.8 Å². The third-order valence-corrected chi connectivity index (χ3v) is 2.38. The highest BCUT2D eigenvalue weighted by atomic mass is 16.2. The van der Waals surface area contributed by atoms with E-state index in [0.717, 1.165) is 12.7 Å². The molecule has 0 aliphatic carbocycles. The summed E-state index contributed by atoms with van der Waals surface area (Å²) in [5.41, 5.74) is 0.492. The molecule has 1 N–H and O–H groups in total. The van der Waals surface area contributed by atoms with Crippen LogP contribution >= 0.6 is 0 Å². The fourth-order valence-corrected chi connectivity index (χ4v) is 1.50. The summed E-state index contributed by atoms with van der Waals surface area (Å²) in [4.78, 5) is 0. The number of allylic oxidation sites excluding steroid dienone is 3. The summed E-state index contributed by atoms with van der Waals surface area (Å²) in [6.07, 6.45) is 14.5. The van der Waals surface area contributed by atoms with Crippen molar-refractivity contribution >= 4 is 0 Å². The minimum absolute atomic E-state index is 0.492. The molecular formula is C14H26O. The lowest BCUT2D eigenvalue weighted by Crippen LogP contribution is -2.03. The Balaban J connectivity index is 3.19. The largest absolute Gasteiger partial charge is 0.516 e. The molecular weight excluding hydrogens is 184 g/mol. The Labute approximate surface area is 94.9 Å². The maximum atomic E-state index is 8.38. The van der Waals surface area contributed by atoms with Crippen molar-refractivity contribution in [1.29, 1.82) is 0 Å². The van der Waals surface area contributed by atoms with Crippen LogP contribution in [0.3, 0.4) is 0 Å². The van der Waals surface area contributed by atoms with E-state index >= 15 is 0 Å². The van der Waals surface area contributed by atoms with Gasteiger partial charge in [-0.25, -0.2) is 0 Å². The zero-order chi connectivity index (χ0) is 11.6. The van der Waals surface area contributed by atoms with Gasteiger partial charge in [0.05, 0.1) is 6.26 Å². The predicted octanol–water partition coefficient (Wildman–Crippen LogP) is 5.00. The van der Waals surface area contributed by atoms with Crippen LogP contribution < -0.4 is 0 Å². The second-order valence-corrected chi connectivity index (χ2v) is 5.28. The average Bonchev–Trinajstić information content (AvgIpc) is 2.14. The number of unbranched alkanes of at least 4 members (excludes halogenated alkanes) is 4. The monoisotopic (exact) mass is 210 g/mol. The molecule has 0 heterocycles. The first-order chi connectivity index (χ1) is 7.06. The van der Waals surface area contributed by atoms with Gasteiger partial charge < -0.3 is 5.11 Å². The van der Waals surface area contributed by atoms with Gasteiger partial charge in [0.15, 0.2) is 0 Å². The number of rotatable bonds is 7. The molecule has 0 aromatic carbocycles. The Morgan fingerprint density at radius 1 is 0.933 bits per heavy atom. The molecule has 0 atom stereocenters. The number of hydrogen-bond donors (Lipinski definition) is 1. The Morgan fingerprint density at radius 2 is 1.60 bits per heavy atom. The van der Waals surface area contributed by atoms with Crippen LogP contribution in [0.15, 0.2) is 24.5 Å². The fourth-order valence-electron chi connectivity index (χ4n) is 1.50. The van der Waals surface area contributed by atoms with Crippen molar-refractivity contribution < 1.29 is 5.11 Å². The SMILES string of the molecule is CC(C)(C)CCCCCCC=CC=CO. The first-order valence-electron chi connectivity index (χ1n) is 6.02. The lowest BCUT2D eigenvalue weighted by molar-refractivity contribution is 0.357. The summed E-state index contributed by atoms with van der Waals surface area (Å²) >= 11 is 0. The van der Waals surface area contributed by atoms with Crippen LogP contribution in [-0.2, 0) is 0 Å². The van der Waals surface area contributed by atoms with Gasteiger partial charge in [0.25, 0.3) is 0 Å². The third kappa shape index (κ3) is 13.3. The van der Waals surface area contributed by atoms with E-state index in [9.17, 15) is 0 Å². The smallest absolute Gasteiger partial charge is 0.0791 e. The molecule has 15 heavy (non-hydrogen) atoms. The molecule has 0 saturated heterocycles. The minimum atomic E-state index is 0.492. The first-order valence-corrected chi connectivity index (χ1v) is 6.02. The van der Waals surface area contributed by atoms with E-state index in [0.29, 0.717) is 5.41 Å². The first kappa shape index (κ1) is 14.3. The van der Waals surface area contributed by atoms with Gasteiger partial charge in [0.2, 0.25) is 0 Å². The summed E-state index contributed by atoms with van der Waals surface area (Å²) in [6, 6.07) is 0. The highest BCUT2D eigenvalue weighted by Crippen LogP contribution is 2.22. The Kier molecular flexibility index (Phi) is 8.17. The van der Waals surface area contributed by atoms with Crippen LogP contribution in [0.5, 0.6) is 0 Å². The lowest BCUT2D eigenvalue weighted by atomic mass is 9.89. The van der Waals surface area contributed by atoms with Crippen molar-refractivity contribution in [2.45, 2.75) is 59.3 Å². The molecule has 0 bridgehead atoms. The molecule has 0 rings (SSSR count). The minimum Gasteiger partial charge on any atom is -0.516 e. The molecule has 0 aromatic heterocycles. The second-order valence-electron chi connectivity index (χ2n) is 5.28. The van der Waals surface area contributed by atoms with Crippen molar-refractivity contribution in [2.24, 2.45) is 5.41 Å².